The zero-order chi connectivity index (χ0) is 16.5. The molecule has 8 heteroatoms. The van der Waals surface area contributed by atoms with Crippen LogP contribution >= 0.6 is 0 Å². The summed E-state index contributed by atoms with van der Waals surface area (Å²) in [5.74, 6) is 0. The molecule has 0 radical (unpaired) electrons. The predicted octanol–water partition coefficient (Wildman–Crippen LogP) is 2.38. The second-order valence-corrected chi connectivity index (χ2v) is 7.54. The topological polar surface area (TPSA) is 49.4 Å². The molecule has 0 heterocycles. The van der Waals surface area contributed by atoms with E-state index < -0.39 is 27.4 Å². The van der Waals surface area contributed by atoms with Crippen LogP contribution < -0.4 is 4.72 Å². The zero-order valence-electron chi connectivity index (χ0n) is 12.3. The monoisotopic (exact) mass is 324 g/mol. The summed E-state index contributed by atoms with van der Waals surface area (Å²) < 4.78 is 64.3. The quantitative estimate of drug-likeness (QED) is 0.904. The second kappa shape index (κ2) is 5.94. The lowest BCUT2D eigenvalue weighted by molar-refractivity contribution is -0.137. The van der Waals surface area contributed by atoms with Crippen molar-refractivity contribution in [3.63, 3.8) is 0 Å². The summed E-state index contributed by atoms with van der Waals surface area (Å²) in [5, 5.41) is 0. The third-order valence-corrected chi connectivity index (χ3v) is 4.64. The minimum atomic E-state index is -4.38. The van der Waals surface area contributed by atoms with Crippen molar-refractivity contribution in [2.75, 3.05) is 20.6 Å². The molecule has 1 rings (SSSR count). The first-order valence-electron chi connectivity index (χ1n) is 6.21. The molecule has 0 aliphatic carbocycles. The summed E-state index contributed by atoms with van der Waals surface area (Å²) in [7, 11) is -0.775. The molecule has 0 saturated heterocycles. The SMILES string of the molecule is CN(C)S(=O)(=O)NCC(C)(C)c1ccc(C(F)(F)F)cc1. The van der Waals surface area contributed by atoms with Crippen molar-refractivity contribution in [1.29, 1.82) is 0 Å². The first-order chi connectivity index (χ1) is 9.36. The lowest BCUT2D eigenvalue weighted by Crippen LogP contribution is -2.42. The molecule has 0 aliphatic rings. The molecular weight excluding hydrogens is 305 g/mol. The Bertz CT molecular complexity index is 578. The van der Waals surface area contributed by atoms with Crippen molar-refractivity contribution in [3.8, 4) is 0 Å². The molecule has 0 amide bonds. The maximum Gasteiger partial charge on any atom is 0.416 e. The van der Waals surface area contributed by atoms with Gasteiger partial charge in [0.1, 0.15) is 0 Å². The molecule has 1 aromatic carbocycles. The standard InChI is InChI=1S/C13H19F3N2O2S/c1-12(2,9-17-21(19,20)18(3)4)10-5-7-11(8-6-10)13(14,15)16/h5-8,17H,9H2,1-4H3. The smallest absolute Gasteiger partial charge is 0.201 e. The Morgan fingerprint density at radius 3 is 1.86 bits per heavy atom. The Labute approximate surface area is 123 Å². The fourth-order valence-electron chi connectivity index (χ4n) is 1.61. The lowest BCUT2D eigenvalue weighted by atomic mass is 9.84. The number of hydrogen-bond acceptors (Lipinski definition) is 2. The highest BCUT2D eigenvalue weighted by molar-refractivity contribution is 7.87. The third-order valence-electron chi connectivity index (χ3n) is 3.17. The van der Waals surface area contributed by atoms with Crippen LogP contribution in [0, 0.1) is 0 Å². The highest BCUT2D eigenvalue weighted by Gasteiger charge is 2.31. The Morgan fingerprint density at radius 2 is 1.48 bits per heavy atom. The van der Waals surface area contributed by atoms with E-state index in [1.54, 1.807) is 13.8 Å². The zero-order valence-corrected chi connectivity index (χ0v) is 13.1. The molecule has 120 valence electrons. The summed E-state index contributed by atoms with van der Waals surface area (Å²) in [6, 6.07) is 4.73. The fourth-order valence-corrected chi connectivity index (χ4v) is 2.41. The van der Waals surface area contributed by atoms with Crippen LogP contribution in [-0.4, -0.2) is 33.4 Å². The molecule has 0 fully saturated rings. The van der Waals surface area contributed by atoms with Crippen molar-refractivity contribution >= 4 is 10.2 Å². The number of nitrogens with zero attached hydrogens (tertiary/aromatic N) is 1. The van der Waals surface area contributed by atoms with Crippen molar-refractivity contribution in [2.45, 2.75) is 25.4 Å². The number of hydrogen-bond donors (Lipinski definition) is 1. The number of alkyl halides is 3. The van der Waals surface area contributed by atoms with Gasteiger partial charge in [0.15, 0.2) is 0 Å². The number of nitrogens with one attached hydrogen (secondary N) is 1. The Kier molecular flexibility index (Phi) is 5.07. The molecule has 0 atom stereocenters. The second-order valence-electron chi connectivity index (χ2n) is 5.57. The number of rotatable bonds is 5. The van der Waals surface area contributed by atoms with Gasteiger partial charge in [-0.15, -0.1) is 0 Å². The van der Waals surface area contributed by atoms with Gasteiger partial charge in [0.2, 0.25) is 0 Å². The van der Waals surface area contributed by atoms with Crippen LogP contribution in [0.5, 0.6) is 0 Å². The van der Waals surface area contributed by atoms with E-state index in [-0.39, 0.29) is 6.54 Å². The van der Waals surface area contributed by atoms with Gasteiger partial charge in [-0.05, 0) is 17.7 Å². The maximum absolute atomic E-state index is 12.5. The molecule has 21 heavy (non-hydrogen) atoms. The van der Waals surface area contributed by atoms with Crippen LogP contribution in [0.25, 0.3) is 0 Å². The van der Waals surface area contributed by atoms with Gasteiger partial charge in [-0.3, -0.25) is 0 Å². The summed E-state index contributed by atoms with van der Waals surface area (Å²) >= 11 is 0. The van der Waals surface area contributed by atoms with Gasteiger partial charge in [-0.25, -0.2) is 4.72 Å². The highest BCUT2D eigenvalue weighted by Crippen LogP contribution is 2.31. The summed E-state index contributed by atoms with van der Waals surface area (Å²) in [6.45, 7) is 3.60. The average Bonchev–Trinajstić information content (AvgIpc) is 2.36. The van der Waals surface area contributed by atoms with Crippen LogP contribution in [0.2, 0.25) is 0 Å². The molecule has 0 spiro atoms. The van der Waals surface area contributed by atoms with Crippen molar-refractivity contribution in [2.24, 2.45) is 0 Å². The van der Waals surface area contributed by atoms with Crippen molar-refractivity contribution < 1.29 is 21.6 Å². The number of halogens is 3. The van der Waals surface area contributed by atoms with Gasteiger partial charge in [0, 0.05) is 26.1 Å². The Hall–Kier alpha value is -1.12. The van der Waals surface area contributed by atoms with E-state index in [0.717, 1.165) is 16.4 Å². The van der Waals surface area contributed by atoms with Crippen LogP contribution in [0.1, 0.15) is 25.0 Å². The fraction of sp³-hybridized carbons (Fsp3) is 0.538. The largest absolute Gasteiger partial charge is 0.416 e. The highest BCUT2D eigenvalue weighted by atomic mass is 32.2. The van der Waals surface area contributed by atoms with Gasteiger partial charge < -0.3 is 0 Å². The van der Waals surface area contributed by atoms with E-state index >= 15 is 0 Å². The molecule has 0 aliphatic heterocycles. The molecule has 4 nitrogen and oxygen atoms in total. The minimum absolute atomic E-state index is 0.0822. The number of benzene rings is 1. The van der Waals surface area contributed by atoms with Gasteiger partial charge >= 0.3 is 6.18 Å². The van der Waals surface area contributed by atoms with E-state index in [9.17, 15) is 21.6 Å². The van der Waals surface area contributed by atoms with E-state index in [2.05, 4.69) is 4.72 Å². The molecule has 0 saturated carbocycles. The first kappa shape index (κ1) is 17.9. The van der Waals surface area contributed by atoms with E-state index in [1.165, 1.54) is 26.2 Å². The molecular formula is C13H19F3N2O2S. The average molecular weight is 324 g/mol. The van der Waals surface area contributed by atoms with E-state index in [4.69, 9.17) is 0 Å². The Morgan fingerprint density at radius 1 is 1.05 bits per heavy atom. The van der Waals surface area contributed by atoms with Gasteiger partial charge in [0.25, 0.3) is 10.2 Å². The molecule has 0 aromatic heterocycles. The first-order valence-corrected chi connectivity index (χ1v) is 7.65. The summed E-state index contributed by atoms with van der Waals surface area (Å²) in [4.78, 5) is 0. The summed E-state index contributed by atoms with van der Waals surface area (Å²) in [5.41, 5.74) is -0.736. The van der Waals surface area contributed by atoms with Gasteiger partial charge in [-0.2, -0.15) is 25.9 Å². The maximum atomic E-state index is 12.5. The molecule has 1 N–H and O–H groups in total. The van der Waals surface area contributed by atoms with Gasteiger partial charge in [-0.1, -0.05) is 26.0 Å². The predicted molar refractivity (Wildman–Crippen MR) is 75.1 cm³/mol. The van der Waals surface area contributed by atoms with Crippen molar-refractivity contribution in [1.82, 2.24) is 9.03 Å². The molecule has 0 bridgehead atoms. The van der Waals surface area contributed by atoms with E-state index in [1.807, 2.05) is 0 Å². The molecule has 1 aromatic rings. The van der Waals surface area contributed by atoms with Crippen LogP contribution in [0.15, 0.2) is 24.3 Å². The van der Waals surface area contributed by atoms with Crippen LogP contribution in [0.4, 0.5) is 13.2 Å². The van der Waals surface area contributed by atoms with Gasteiger partial charge in [0.05, 0.1) is 5.56 Å². The van der Waals surface area contributed by atoms with E-state index in [0.29, 0.717) is 5.56 Å². The Balaban J connectivity index is 2.89. The molecule has 0 unspecified atom stereocenters. The minimum Gasteiger partial charge on any atom is -0.201 e. The van der Waals surface area contributed by atoms with Crippen LogP contribution in [-0.2, 0) is 21.8 Å². The lowest BCUT2D eigenvalue weighted by Gasteiger charge is -2.26. The third kappa shape index (κ3) is 4.69. The van der Waals surface area contributed by atoms with Crippen molar-refractivity contribution in [3.05, 3.63) is 35.4 Å². The normalized spacial score (nSPS) is 13.7. The summed E-state index contributed by atoms with van der Waals surface area (Å²) in [6.07, 6.45) is -4.38. The van der Waals surface area contributed by atoms with Crippen LogP contribution in [0.3, 0.4) is 0 Å².